The molecule has 0 aliphatic rings. The Bertz CT molecular complexity index is 1340. The Morgan fingerprint density at radius 3 is 2.54 bits per heavy atom. The number of fused-ring (bicyclic) bond motifs is 1. The largest absolute Gasteiger partial charge is 0.494 e. The number of carbonyl (C=O) groups is 2. The molecule has 0 saturated heterocycles. The lowest BCUT2D eigenvalue weighted by Gasteiger charge is -2.28. The highest BCUT2D eigenvalue weighted by Crippen LogP contribution is 2.20. The fraction of sp³-hybridized carbons (Fsp3) is 0.323. The minimum atomic E-state index is -0.217. The summed E-state index contributed by atoms with van der Waals surface area (Å²) in [4.78, 5) is 37.9. The number of hydrogen-bond donors (Lipinski definition) is 1. The number of benzene rings is 2. The zero-order valence-electron chi connectivity index (χ0n) is 22.6. The molecule has 2 aromatic carbocycles. The van der Waals surface area contributed by atoms with Gasteiger partial charge in [-0.05, 0) is 61.2 Å². The van der Waals surface area contributed by atoms with Gasteiger partial charge in [0, 0.05) is 62.8 Å². The highest BCUT2D eigenvalue weighted by molar-refractivity contribution is 5.96. The summed E-state index contributed by atoms with van der Waals surface area (Å²) in [5.74, 6) is 0.466. The molecule has 8 nitrogen and oxygen atoms in total. The summed E-state index contributed by atoms with van der Waals surface area (Å²) in [6, 6.07) is 19.4. The third-order valence-corrected chi connectivity index (χ3v) is 6.58. The molecule has 2 aromatic heterocycles. The van der Waals surface area contributed by atoms with Crippen molar-refractivity contribution in [1.82, 2.24) is 19.8 Å². The van der Waals surface area contributed by atoms with Crippen molar-refractivity contribution in [3.05, 3.63) is 95.9 Å². The minimum absolute atomic E-state index is 0.0254. The number of methoxy groups -OCH3 is 1. The number of aromatic nitrogens is 2. The number of hydrogen-bond acceptors (Lipinski definition) is 5. The number of carbonyl (C=O) groups excluding carboxylic acids is 2. The lowest BCUT2D eigenvalue weighted by atomic mass is 10.1. The second-order valence-electron chi connectivity index (χ2n) is 9.32. The molecule has 1 N–H and O–H groups in total. The monoisotopic (exact) mass is 528 g/mol. The zero-order valence-corrected chi connectivity index (χ0v) is 22.6. The summed E-state index contributed by atoms with van der Waals surface area (Å²) >= 11 is 0. The predicted molar refractivity (Wildman–Crippen MR) is 152 cm³/mol. The van der Waals surface area contributed by atoms with Crippen LogP contribution in [0, 0.1) is 0 Å². The average molecular weight is 529 g/mol. The van der Waals surface area contributed by atoms with Gasteiger partial charge in [-0.1, -0.05) is 30.3 Å². The second-order valence-corrected chi connectivity index (χ2v) is 9.32. The van der Waals surface area contributed by atoms with E-state index >= 15 is 0 Å². The number of rotatable bonds is 14. The summed E-state index contributed by atoms with van der Waals surface area (Å²) in [5, 5.41) is 1.15. The van der Waals surface area contributed by atoms with Crippen LogP contribution in [0.25, 0.3) is 10.9 Å². The first kappa shape index (κ1) is 27.9. The van der Waals surface area contributed by atoms with Crippen molar-refractivity contribution >= 4 is 22.7 Å². The van der Waals surface area contributed by atoms with Gasteiger partial charge in [0.2, 0.25) is 5.91 Å². The highest BCUT2D eigenvalue weighted by atomic mass is 16.5. The van der Waals surface area contributed by atoms with Crippen LogP contribution in [0.5, 0.6) is 5.75 Å². The Morgan fingerprint density at radius 2 is 1.79 bits per heavy atom. The molecule has 8 heteroatoms. The van der Waals surface area contributed by atoms with Gasteiger partial charge in [0.15, 0.2) is 0 Å². The minimum Gasteiger partial charge on any atom is -0.494 e. The summed E-state index contributed by atoms with van der Waals surface area (Å²) in [5.41, 5.74) is 3.68. The number of ether oxygens (including phenoxy) is 2. The molecule has 0 aliphatic carbocycles. The van der Waals surface area contributed by atoms with Crippen molar-refractivity contribution in [2.75, 3.05) is 40.0 Å². The normalized spacial score (nSPS) is 10.9. The van der Waals surface area contributed by atoms with Gasteiger partial charge in [0.25, 0.3) is 5.91 Å². The van der Waals surface area contributed by atoms with E-state index in [0.717, 1.165) is 27.8 Å². The van der Waals surface area contributed by atoms with E-state index in [4.69, 9.17) is 9.47 Å². The standard InChI is InChI=1S/C31H36N4O4/c1-3-39-27-13-11-24(12-14-27)22-34(18-15-25-21-33-29-10-5-4-9-28(25)29)30(36)23-35(17-7-19-38-2)31(37)26-8-6-16-32-20-26/h4-6,8-14,16,20-21,33H,3,7,15,17-19,22-23H2,1-2H3. The van der Waals surface area contributed by atoms with Gasteiger partial charge in [-0.2, -0.15) is 0 Å². The van der Waals surface area contributed by atoms with Crippen LogP contribution >= 0.6 is 0 Å². The van der Waals surface area contributed by atoms with Crippen molar-refractivity contribution in [3.63, 3.8) is 0 Å². The fourth-order valence-electron chi connectivity index (χ4n) is 4.55. The molecule has 0 fully saturated rings. The third kappa shape index (κ3) is 7.67. The third-order valence-electron chi connectivity index (χ3n) is 6.58. The van der Waals surface area contributed by atoms with Crippen molar-refractivity contribution in [2.45, 2.75) is 26.3 Å². The summed E-state index contributed by atoms with van der Waals surface area (Å²) in [7, 11) is 1.63. The molecule has 0 aliphatic heterocycles. The molecule has 2 heterocycles. The molecule has 0 saturated carbocycles. The van der Waals surface area contributed by atoms with Crippen molar-refractivity contribution in [2.24, 2.45) is 0 Å². The van der Waals surface area contributed by atoms with Crippen LogP contribution < -0.4 is 4.74 Å². The van der Waals surface area contributed by atoms with E-state index in [9.17, 15) is 9.59 Å². The first-order chi connectivity index (χ1) is 19.1. The molecule has 0 spiro atoms. The van der Waals surface area contributed by atoms with Crippen molar-refractivity contribution < 1.29 is 19.1 Å². The molecule has 0 bridgehead atoms. The van der Waals surface area contributed by atoms with Crippen LogP contribution in [0.4, 0.5) is 0 Å². The van der Waals surface area contributed by atoms with E-state index in [0.29, 0.717) is 51.3 Å². The molecule has 2 amide bonds. The van der Waals surface area contributed by atoms with Crippen LogP contribution in [0.1, 0.15) is 34.8 Å². The Hall–Kier alpha value is -4.17. The van der Waals surface area contributed by atoms with E-state index in [1.165, 1.54) is 6.20 Å². The van der Waals surface area contributed by atoms with Gasteiger partial charge in [-0.15, -0.1) is 0 Å². The summed E-state index contributed by atoms with van der Waals surface area (Å²) in [6.07, 6.45) is 6.48. The van der Waals surface area contributed by atoms with E-state index in [-0.39, 0.29) is 18.4 Å². The molecular formula is C31H36N4O4. The number of pyridine rings is 1. The van der Waals surface area contributed by atoms with Gasteiger partial charge >= 0.3 is 0 Å². The first-order valence-corrected chi connectivity index (χ1v) is 13.3. The SMILES string of the molecule is CCOc1ccc(CN(CCc2c[nH]c3ccccc23)C(=O)CN(CCCOC)C(=O)c2cccnc2)cc1. The molecule has 0 atom stereocenters. The van der Waals surface area contributed by atoms with Gasteiger partial charge in [-0.3, -0.25) is 14.6 Å². The maximum Gasteiger partial charge on any atom is 0.255 e. The molecule has 0 unspecified atom stereocenters. The molecule has 204 valence electrons. The Balaban J connectivity index is 1.53. The number of nitrogens with one attached hydrogen (secondary N) is 1. The van der Waals surface area contributed by atoms with Gasteiger partial charge < -0.3 is 24.3 Å². The molecule has 39 heavy (non-hydrogen) atoms. The van der Waals surface area contributed by atoms with Gasteiger partial charge in [0.1, 0.15) is 12.3 Å². The lowest BCUT2D eigenvalue weighted by Crippen LogP contribution is -2.44. The number of aromatic amines is 1. The van der Waals surface area contributed by atoms with E-state index in [1.807, 2.05) is 60.5 Å². The fourth-order valence-corrected chi connectivity index (χ4v) is 4.55. The van der Waals surface area contributed by atoms with Crippen LogP contribution in [-0.2, 0) is 22.5 Å². The zero-order chi connectivity index (χ0) is 27.5. The van der Waals surface area contributed by atoms with E-state index in [1.54, 1.807) is 30.3 Å². The smallest absolute Gasteiger partial charge is 0.255 e. The molecule has 4 aromatic rings. The van der Waals surface area contributed by atoms with E-state index in [2.05, 4.69) is 16.0 Å². The Kier molecular flexibility index (Phi) is 10.1. The quantitative estimate of drug-likeness (QED) is 0.240. The van der Waals surface area contributed by atoms with Gasteiger partial charge in [0.05, 0.1) is 12.2 Å². The maximum atomic E-state index is 13.8. The Labute approximate surface area is 229 Å². The van der Waals surface area contributed by atoms with Crippen LogP contribution in [0.3, 0.4) is 0 Å². The summed E-state index contributed by atoms with van der Waals surface area (Å²) in [6.45, 7) is 4.38. The maximum absolute atomic E-state index is 13.8. The molecule has 4 rings (SSSR count). The number of H-pyrrole nitrogens is 1. The van der Waals surface area contributed by atoms with Crippen molar-refractivity contribution in [3.8, 4) is 5.75 Å². The number of nitrogens with zero attached hydrogens (tertiary/aromatic N) is 3. The van der Waals surface area contributed by atoms with Crippen LogP contribution in [-0.4, -0.2) is 71.5 Å². The highest BCUT2D eigenvalue weighted by Gasteiger charge is 2.23. The summed E-state index contributed by atoms with van der Waals surface area (Å²) < 4.78 is 10.8. The van der Waals surface area contributed by atoms with Crippen LogP contribution in [0.15, 0.2) is 79.3 Å². The predicted octanol–water partition coefficient (Wildman–Crippen LogP) is 4.71. The Morgan fingerprint density at radius 1 is 0.974 bits per heavy atom. The second kappa shape index (κ2) is 14.1. The molecular weight excluding hydrogens is 492 g/mol. The van der Waals surface area contributed by atoms with Crippen LogP contribution in [0.2, 0.25) is 0 Å². The average Bonchev–Trinajstić information content (AvgIpc) is 3.39. The van der Waals surface area contributed by atoms with E-state index < -0.39 is 0 Å². The number of amides is 2. The number of para-hydroxylation sites is 1. The molecule has 0 radical (unpaired) electrons. The van der Waals surface area contributed by atoms with Crippen molar-refractivity contribution in [1.29, 1.82) is 0 Å². The first-order valence-electron chi connectivity index (χ1n) is 13.3. The topological polar surface area (TPSA) is 87.8 Å². The lowest BCUT2D eigenvalue weighted by molar-refractivity contribution is -0.132. The van der Waals surface area contributed by atoms with Gasteiger partial charge in [-0.25, -0.2) is 0 Å².